The molecule has 0 saturated carbocycles. The van der Waals surface area contributed by atoms with Gasteiger partial charge < -0.3 is 9.84 Å². The summed E-state index contributed by atoms with van der Waals surface area (Å²) in [6.07, 6.45) is 0. The Hall–Kier alpha value is -1.03. The normalized spacial score (nSPS) is 11.2. The summed E-state index contributed by atoms with van der Waals surface area (Å²) in [6, 6.07) is 5.69. The number of halogens is 1. The lowest BCUT2D eigenvalue weighted by Crippen LogP contribution is -2.30. The van der Waals surface area contributed by atoms with Crippen LogP contribution < -0.4 is 4.74 Å². The first kappa shape index (κ1) is 13.0. The van der Waals surface area contributed by atoms with Crippen LogP contribution in [0.2, 0.25) is 0 Å². The van der Waals surface area contributed by atoms with Crippen LogP contribution in [0.1, 0.15) is 19.4 Å². The Labute approximate surface area is 104 Å². The fraction of sp³-hybridized carbons (Fsp3) is 0.417. The van der Waals surface area contributed by atoms with E-state index in [0.29, 0.717) is 5.75 Å². The third kappa shape index (κ3) is 3.23. The molecule has 0 aliphatic carbocycles. The van der Waals surface area contributed by atoms with Crippen molar-refractivity contribution >= 4 is 21.9 Å². The maximum atomic E-state index is 10.9. The quantitative estimate of drug-likeness (QED) is 0.924. The number of aliphatic carboxylic acids is 1. The molecule has 1 aromatic rings. The molecule has 4 heteroatoms. The van der Waals surface area contributed by atoms with Crippen molar-refractivity contribution in [2.45, 2.75) is 20.8 Å². The Morgan fingerprint density at radius 1 is 1.50 bits per heavy atom. The predicted octanol–water partition coefficient (Wildman–Crippen LogP) is 3.25. The molecular formula is C12H15BrO3. The van der Waals surface area contributed by atoms with Gasteiger partial charge in [0.25, 0.3) is 0 Å². The number of rotatable bonds is 4. The molecule has 1 rings (SSSR count). The molecule has 0 radical (unpaired) electrons. The molecule has 0 bridgehead atoms. The first-order valence-corrected chi connectivity index (χ1v) is 5.74. The zero-order valence-electron chi connectivity index (χ0n) is 9.58. The van der Waals surface area contributed by atoms with Crippen LogP contribution in [-0.4, -0.2) is 17.7 Å². The van der Waals surface area contributed by atoms with Crippen molar-refractivity contribution < 1.29 is 14.6 Å². The number of hydrogen-bond acceptors (Lipinski definition) is 2. The second-order valence-corrected chi connectivity index (χ2v) is 5.30. The number of aryl methyl sites for hydroxylation is 1. The second-order valence-electron chi connectivity index (χ2n) is 4.39. The van der Waals surface area contributed by atoms with Gasteiger partial charge in [-0.25, -0.2) is 0 Å². The highest BCUT2D eigenvalue weighted by Gasteiger charge is 2.28. The summed E-state index contributed by atoms with van der Waals surface area (Å²) in [5.41, 5.74) is 0.110. The average Bonchev–Trinajstić information content (AvgIpc) is 2.19. The Balaban J connectivity index is 2.75. The molecule has 0 fully saturated rings. The highest BCUT2D eigenvalue weighted by molar-refractivity contribution is 9.10. The van der Waals surface area contributed by atoms with Crippen molar-refractivity contribution in [1.29, 1.82) is 0 Å². The van der Waals surface area contributed by atoms with Crippen molar-refractivity contribution in [2.75, 3.05) is 6.61 Å². The molecule has 0 atom stereocenters. The van der Waals surface area contributed by atoms with Gasteiger partial charge in [-0.2, -0.15) is 0 Å². The third-order valence-corrected chi connectivity index (χ3v) is 2.81. The molecule has 0 spiro atoms. The van der Waals surface area contributed by atoms with E-state index in [2.05, 4.69) is 15.9 Å². The third-order valence-electron chi connectivity index (χ3n) is 2.32. The SMILES string of the molecule is Cc1ccc(Br)cc1OCC(C)(C)C(=O)O. The summed E-state index contributed by atoms with van der Waals surface area (Å²) in [6.45, 7) is 5.36. The molecule has 0 aromatic heterocycles. The number of carbonyl (C=O) groups is 1. The Morgan fingerprint density at radius 3 is 2.69 bits per heavy atom. The van der Waals surface area contributed by atoms with Crippen molar-refractivity contribution in [3.8, 4) is 5.75 Å². The molecule has 1 N–H and O–H groups in total. The summed E-state index contributed by atoms with van der Waals surface area (Å²) >= 11 is 3.35. The van der Waals surface area contributed by atoms with E-state index in [1.54, 1.807) is 13.8 Å². The lowest BCUT2D eigenvalue weighted by atomic mass is 9.95. The standard InChI is InChI=1S/C12H15BrO3/c1-8-4-5-9(13)6-10(8)16-7-12(2,3)11(14)15/h4-6H,7H2,1-3H3,(H,14,15). The van der Waals surface area contributed by atoms with Crippen LogP contribution in [-0.2, 0) is 4.79 Å². The van der Waals surface area contributed by atoms with Crippen LogP contribution >= 0.6 is 15.9 Å². The smallest absolute Gasteiger partial charge is 0.312 e. The Bertz CT molecular complexity index is 399. The summed E-state index contributed by atoms with van der Waals surface area (Å²) in [7, 11) is 0. The first-order chi connectivity index (χ1) is 7.33. The van der Waals surface area contributed by atoms with E-state index in [4.69, 9.17) is 9.84 Å². The highest BCUT2D eigenvalue weighted by atomic mass is 79.9. The number of benzene rings is 1. The summed E-state index contributed by atoms with van der Waals surface area (Å²) in [4.78, 5) is 10.9. The van der Waals surface area contributed by atoms with Crippen molar-refractivity contribution in [3.05, 3.63) is 28.2 Å². The molecule has 1 aromatic carbocycles. The molecule has 0 amide bonds. The molecule has 88 valence electrons. The fourth-order valence-electron chi connectivity index (χ4n) is 1.05. The molecule has 0 aliphatic heterocycles. The van der Waals surface area contributed by atoms with Gasteiger partial charge in [0.05, 0.1) is 5.41 Å². The zero-order chi connectivity index (χ0) is 12.3. The predicted molar refractivity (Wildman–Crippen MR) is 65.8 cm³/mol. The lowest BCUT2D eigenvalue weighted by molar-refractivity contribution is -0.148. The Morgan fingerprint density at radius 2 is 2.12 bits per heavy atom. The van der Waals surface area contributed by atoms with Crippen molar-refractivity contribution in [3.63, 3.8) is 0 Å². The van der Waals surface area contributed by atoms with E-state index in [-0.39, 0.29) is 6.61 Å². The van der Waals surface area contributed by atoms with Crippen LogP contribution in [0, 0.1) is 12.3 Å². The van der Waals surface area contributed by atoms with Gasteiger partial charge in [-0.3, -0.25) is 4.79 Å². The van der Waals surface area contributed by atoms with E-state index < -0.39 is 11.4 Å². The number of ether oxygens (including phenoxy) is 1. The van der Waals surface area contributed by atoms with Gasteiger partial charge in [0, 0.05) is 4.47 Å². The molecule has 0 saturated heterocycles. The van der Waals surface area contributed by atoms with Gasteiger partial charge in [-0.05, 0) is 38.5 Å². The second kappa shape index (κ2) is 4.87. The van der Waals surface area contributed by atoms with Gasteiger partial charge in [-0.15, -0.1) is 0 Å². The lowest BCUT2D eigenvalue weighted by Gasteiger charge is -2.20. The van der Waals surface area contributed by atoms with Crippen LogP contribution in [0.3, 0.4) is 0 Å². The van der Waals surface area contributed by atoms with Gasteiger partial charge in [0.1, 0.15) is 12.4 Å². The number of carboxylic acids is 1. The fourth-order valence-corrected chi connectivity index (χ4v) is 1.39. The zero-order valence-corrected chi connectivity index (χ0v) is 11.2. The van der Waals surface area contributed by atoms with Crippen molar-refractivity contribution in [1.82, 2.24) is 0 Å². The van der Waals surface area contributed by atoms with Crippen LogP contribution in [0.5, 0.6) is 5.75 Å². The highest BCUT2D eigenvalue weighted by Crippen LogP contribution is 2.25. The summed E-state index contributed by atoms with van der Waals surface area (Å²) < 4.78 is 6.45. The molecule has 0 heterocycles. The minimum atomic E-state index is -0.880. The summed E-state index contributed by atoms with van der Waals surface area (Å²) in [5, 5.41) is 8.95. The van der Waals surface area contributed by atoms with Gasteiger partial charge in [0.2, 0.25) is 0 Å². The van der Waals surface area contributed by atoms with Crippen LogP contribution in [0.15, 0.2) is 22.7 Å². The van der Waals surface area contributed by atoms with Gasteiger partial charge in [-0.1, -0.05) is 22.0 Å². The maximum Gasteiger partial charge on any atom is 0.312 e. The van der Waals surface area contributed by atoms with Crippen LogP contribution in [0.25, 0.3) is 0 Å². The van der Waals surface area contributed by atoms with E-state index in [1.165, 1.54) is 0 Å². The number of carboxylic acid groups (broad SMARTS) is 1. The van der Waals surface area contributed by atoms with Gasteiger partial charge >= 0.3 is 5.97 Å². The van der Waals surface area contributed by atoms with Crippen LogP contribution in [0.4, 0.5) is 0 Å². The van der Waals surface area contributed by atoms with E-state index in [9.17, 15) is 4.79 Å². The largest absolute Gasteiger partial charge is 0.492 e. The Kier molecular flexibility index (Phi) is 3.97. The molecule has 0 aliphatic rings. The minimum Gasteiger partial charge on any atom is -0.492 e. The maximum absolute atomic E-state index is 10.9. The van der Waals surface area contributed by atoms with Gasteiger partial charge in [0.15, 0.2) is 0 Å². The topological polar surface area (TPSA) is 46.5 Å². The average molecular weight is 287 g/mol. The molecule has 0 unspecified atom stereocenters. The minimum absolute atomic E-state index is 0.152. The molecular weight excluding hydrogens is 272 g/mol. The van der Waals surface area contributed by atoms with E-state index in [1.807, 2.05) is 25.1 Å². The van der Waals surface area contributed by atoms with E-state index in [0.717, 1.165) is 10.0 Å². The summed E-state index contributed by atoms with van der Waals surface area (Å²) in [5.74, 6) is -0.149. The molecule has 16 heavy (non-hydrogen) atoms. The molecule has 3 nitrogen and oxygen atoms in total. The van der Waals surface area contributed by atoms with Crippen molar-refractivity contribution in [2.24, 2.45) is 5.41 Å². The first-order valence-electron chi connectivity index (χ1n) is 4.95. The number of hydrogen-bond donors (Lipinski definition) is 1. The van der Waals surface area contributed by atoms with E-state index >= 15 is 0 Å². The monoisotopic (exact) mass is 286 g/mol.